The minimum Gasteiger partial charge on any atom is -0.495 e. The van der Waals surface area contributed by atoms with E-state index in [1.165, 1.54) is 13.2 Å². The predicted molar refractivity (Wildman–Crippen MR) is 87.0 cm³/mol. The van der Waals surface area contributed by atoms with Gasteiger partial charge < -0.3 is 4.74 Å². The smallest absolute Gasteiger partial charge is 0.285 e. The van der Waals surface area contributed by atoms with Crippen LogP contribution in [0.1, 0.15) is 40.5 Å². The molecule has 1 aliphatic carbocycles. The van der Waals surface area contributed by atoms with E-state index in [1.54, 1.807) is 4.72 Å². The minimum atomic E-state index is -4.22. The molecule has 0 atom stereocenters. The zero-order chi connectivity index (χ0) is 18.9. The Kier molecular flexibility index (Phi) is 4.86. The Morgan fingerprint density at radius 1 is 1.27 bits per heavy atom. The summed E-state index contributed by atoms with van der Waals surface area (Å²) in [5.74, 6) is -3.09. The first-order chi connectivity index (χ1) is 12.3. The van der Waals surface area contributed by atoms with Gasteiger partial charge in [-0.1, -0.05) is 6.07 Å². The van der Waals surface area contributed by atoms with E-state index in [2.05, 4.69) is 10.2 Å². The summed E-state index contributed by atoms with van der Waals surface area (Å²) in [5, 5.41) is 7.68. The third kappa shape index (κ3) is 4.13. The number of hydrogen-bond donors (Lipinski definition) is 1. The molecule has 1 N–H and O–H groups in total. The summed E-state index contributed by atoms with van der Waals surface area (Å²) in [6.07, 6.45) is 1.91. The Morgan fingerprint density at radius 3 is 2.62 bits per heavy atom. The third-order valence-electron chi connectivity index (χ3n) is 3.81. The summed E-state index contributed by atoms with van der Waals surface area (Å²) in [5.41, 5.74) is 0.120. The van der Waals surface area contributed by atoms with Gasteiger partial charge in [0, 0.05) is 23.6 Å². The molecular weight excluding hydrogens is 368 g/mol. The quantitative estimate of drug-likeness (QED) is 0.818. The second-order valence-electron chi connectivity index (χ2n) is 5.88. The van der Waals surface area contributed by atoms with Crippen LogP contribution < -0.4 is 9.46 Å². The monoisotopic (exact) mass is 383 g/mol. The van der Waals surface area contributed by atoms with Gasteiger partial charge in [-0.2, -0.15) is 5.10 Å². The summed E-state index contributed by atoms with van der Waals surface area (Å²) in [6.45, 7) is 0. The van der Waals surface area contributed by atoms with E-state index in [-0.39, 0.29) is 17.2 Å². The van der Waals surface area contributed by atoms with Gasteiger partial charge in [0.05, 0.1) is 12.9 Å². The van der Waals surface area contributed by atoms with Gasteiger partial charge in [0.1, 0.15) is 23.1 Å². The largest absolute Gasteiger partial charge is 0.495 e. The van der Waals surface area contributed by atoms with Crippen LogP contribution in [0, 0.1) is 11.6 Å². The van der Waals surface area contributed by atoms with Crippen LogP contribution in [-0.2, 0) is 15.8 Å². The molecule has 1 heterocycles. The zero-order valence-electron chi connectivity index (χ0n) is 13.7. The first kappa shape index (κ1) is 18.2. The summed E-state index contributed by atoms with van der Waals surface area (Å²) in [4.78, 5) is 12.2. The van der Waals surface area contributed by atoms with Crippen LogP contribution in [-0.4, -0.2) is 31.6 Å². The summed E-state index contributed by atoms with van der Waals surface area (Å²) >= 11 is 0. The zero-order valence-corrected chi connectivity index (χ0v) is 14.5. The van der Waals surface area contributed by atoms with Gasteiger partial charge >= 0.3 is 0 Å². The Labute approximate surface area is 148 Å². The number of carbonyl (C=O) groups is 1. The first-order valence-corrected chi connectivity index (χ1v) is 9.34. The van der Waals surface area contributed by atoms with Crippen LogP contribution in [0.3, 0.4) is 0 Å². The fourth-order valence-electron chi connectivity index (χ4n) is 2.37. The molecule has 0 bridgehead atoms. The highest BCUT2D eigenvalue weighted by Gasteiger charge is 2.30. The number of benzene rings is 1. The van der Waals surface area contributed by atoms with Crippen molar-refractivity contribution in [1.29, 1.82) is 0 Å². The average molecular weight is 383 g/mol. The van der Waals surface area contributed by atoms with Crippen molar-refractivity contribution < 1.29 is 26.7 Å². The number of hydrogen-bond acceptors (Lipinski definition) is 6. The molecule has 0 saturated heterocycles. The van der Waals surface area contributed by atoms with Crippen molar-refractivity contribution in [2.75, 3.05) is 7.11 Å². The van der Waals surface area contributed by atoms with Gasteiger partial charge in [0.15, 0.2) is 5.69 Å². The maximum Gasteiger partial charge on any atom is 0.285 e. The molecule has 2 aromatic rings. The SMILES string of the molecule is COc1cc(C(=O)NS(=O)(=O)Cc2ccc(F)cc2F)nnc1C1CC1. The molecule has 0 spiro atoms. The summed E-state index contributed by atoms with van der Waals surface area (Å²) in [6, 6.07) is 3.81. The fourth-order valence-corrected chi connectivity index (χ4v) is 3.47. The lowest BCUT2D eigenvalue weighted by atomic mass is 10.2. The number of rotatable bonds is 6. The lowest BCUT2D eigenvalue weighted by Gasteiger charge is -2.09. The van der Waals surface area contributed by atoms with Gasteiger partial charge in [-0.15, -0.1) is 5.10 Å². The van der Waals surface area contributed by atoms with Crippen LogP contribution >= 0.6 is 0 Å². The maximum atomic E-state index is 13.6. The van der Waals surface area contributed by atoms with Crippen LogP contribution in [0.5, 0.6) is 5.75 Å². The number of amides is 1. The number of carbonyl (C=O) groups excluding carboxylic acids is 1. The lowest BCUT2D eigenvalue weighted by molar-refractivity contribution is 0.0975. The highest BCUT2D eigenvalue weighted by Crippen LogP contribution is 2.42. The second-order valence-corrected chi connectivity index (χ2v) is 7.61. The van der Waals surface area contributed by atoms with Gasteiger partial charge in [0.2, 0.25) is 10.0 Å². The molecule has 10 heteroatoms. The fraction of sp³-hybridized carbons (Fsp3) is 0.312. The molecular formula is C16H15F2N3O4S. The van der Waals surface area contributed by atoms with Crippen LogP contribution in [0.15, 0.2) is 24.3 Å². The molecule has 0 aliphatic heterocycles. The third-order valence-corrected chi connectivity index (χ3v) is 5.00. The van der Waals surface area contributed by atoms with Crippen molar-refractivity contribution in [3.05, 3.63) is 52.9 Å². The normalized spacial score (nSPS) is 14.1. The van der Waals surface area contributed by atoms with Crippen molar-refractivity contribution >= 4 is 15.9 Å². The van der Waals surface area contributed by atoms with Gasteiger partial charge in [0.25, 0.3) is 5.91 Å². The van der Waals surface area contributed by atoms with E-state index in [4.69, 9.17) is 4.74 Å². The van der Waals surface area contributed by atoms with E-state index in [0.29, 0.717) is 17.5 Å². The van der Waals surface area contributed by atoms with Crippen molar-refractivity contribution in [1.82, 2.24) is 14.9 Å². The molecule has 7 nitrogen and oxygen atoms in total. The molecule has 1 saturated carbocycles. The van der Waals surface area contributed by atoms with Crippen molar-refractivity contribution in [2.45, 2.75) is 24.5 Å². The van der Waals surface area contributed by atoms with E-state index < -0.39 is 33.3 Å². The van der Waals surface area contributed by atoms with E-state index >= 15 is 0 Å². The Morgan fingerprint density at radius 2 is 2.00 bits per heavy atom. The number of halogens is 2. The molecule has 1 amide bonds. The first-order valence-electron chi connectivity index (χ1n) is 7.69. The number of nitrogens with one attached hydrogen (secondary N) is 1. The van der Waals surface area contributed by atoms with Gasteiger partial charge in [-0.25, -0.2) is 21.9 Å². The van der Waals surface area contributed by atoms with E-state index in [0.717, 1.165) is 25.0 Å². The summed E-state index contributed by atoms with van der Waals surface area (Å²) in [7, 11) is -2.81. The number of sulfonamides is 1. The molecule has 0 unspecified atom stereocenters. The average Bonchev–Trinajstić information content (AvgIpc) is 3.41. The number of ether oxygens (including phenoxy) is 1. The molecule has 1 aromatic carbocycles. The number of aromatic nitrogens is 2. The lowest BCUT2D eigenvalue weighted by Crippen LogP contribution is -2.32. The van der Waals surface area contributed by atoms with Gasteiger partial charge in [-0.05, 0) is 18.9 Å². The Hall–Kier alpha value is -2.62. The topological polar surface area (TPSA) is 98.2 Å². The van der Waals surface area contributed by atoms with E-state index in [1.807, 2.05) is 0 Å². The number of methoxy groups -OCH3 is 1. The van der Waals surface area contributed by atoms with Crippen molar-refractivity contribution in [2.24, 2.45) is 0 Å². The number of nitrogens with zero attached hydrogens (tertiary/aromatic N) is 2. The predicted octanol–water partition coefficient (Wildman–Crippen LogP) is 1.90. The summed E-state index contributed by atoms with van der Waals surface area (Å²) < 4.78 is 57.6. The second kappa shape index (κ2) is 6.94. The molecule has 1 aromatic heterocycles. The standard InChI is InChI=1S/C16H15F2N3O4S/c1-25-14-7-13(19-20-15(14)9-2-3-9)16(22)21-26(23,24)8-10-4-5-11(17)6-12(10)18/h4-7,9H,2-3,8H2,1H3,(H,21,22). The Bertz CT molecular complexity index is 962. The van der Waals surface area contributed by atoms with Crippen molar-refractivity contribution in [3.63, 3.8) is 0 Å². The molecule has 26 heavy (non-hydrogen) atoms. The molecule has 1 aliphatic rings. The molecule has 1 fully saturated rings. The highest BCUT2D eigenvalue weighted by molar-refractivity contribution is 7.89. The minimum absolute atomic E-state index is 0.236. The van der Waals surface area contributed by atoms with Crippen LogP contribution in [0.4, 0.5) is 8.78 Å². The molecule has 138 valence electrons. The Balaban J connectivity index is 1.75. The maximum absolute atomic E-state index is 13.6. The van der Waals surface area contributed by atoms with E-state index in [9.17, 15) is 22.0 Å². The molecule has 3 rings (SSSR count). The van der Waals surface area contributed by atoms with Crippen LogP contribution in [0.2, 0.25) is 0 Å². The highest BCUT2D eigenvalue weighted by atomic mass is 32.2. The van der Waals surface area contributed by atoms with Crippen LogP contribution in [0.25, 0.3) is 0 Å². The molecule has 0 radical (unpaired) electrons. The van der Waals surface area contributed by atoms with Crippen molar-refractivity contribution in [3.8, 4) is 5.75 Å². The van der Waals surface area contributed by atoms with Gasteiger partial charge in [-0.3, -0.25) is 4.79 Å².